The quantitative estimate of drug-likeness (QED) is 0.920. The number of carbonyl (C=O) groups is 1. The van der Waals surface area contributed by atoms with Crippen LogP contribution in [0, 0.1) is 12.7 Å². The van der Waals surface area contributed by atoms with E-state index in [0.717, 1.165) is 0 Å². The number of amides is 1. The molecule has 21 heavy (non-hydrogen) atoms. The maximum Gasteiger partial charge on any atom is 0.239 e. The highest BCUT2D eigenvalue weighted by molar-refractivity contribution is 7.85. The van der Waals surface area contributed by atoms with E-state index in [9.17, 15) is 13.4 Å². The van der Waals surface area contributed by atoms with Crippen LogP contribution < -0.4 is 5.32 Å². The number of nitrogens with one attached hydrogen (secondary N) is 1. The molecule has 1 heterocycles. The molecular weight excluding hydrogens is 295 g/mol. The lowest BCUT2D eigenvalue weighted by Gasteiger charge is -2.11. The Hall–Kier alpha value is -2.02. The summed E-state index contributed by atoms with van der Waals surface area (Å²) >= 11 is 0. The maximum atomic E-state index is 13.5. The Kier molecular flexibility index (Phi) is 4.85. The third-order valence-electron chi connectivity index (χ3n) is 2.86. The van der Waals surface area contributed by atoms with Crippen LogP contribution in [0.1, 0.15) is 18.4 Å². The van der Waals surface area contributed by atoms with Crippen molar-refractivity contribution in [1.29, 1.82) is 0 Å². The Balaban J connectivity index is 1.98. The van der Waals surface area contributed by atoms with E-state index < -0.39 is 27.8 Å². The summed E-state index contributed by atoms with van der Waals surface area (Å²) in [6.07, 6.45) is 0. The van der Waals surface area contributed by atoms with Crippen molar-refractivity contribution < 1.29 is 17.9 Å². The molecule has 2 rings (SSSR count). The van der Waals surface area contributed by atoms with Crippen LogP contribution in [-0.2, 0) is 21.3 Å². The lowest BCUT2D eigenvalue weighted by Crippen LogP contribution is -2.30. The van der Waals surface area contributed by atoms with Crippen LogP contribution in [0.25, 0.3) is 0 Å². The molecule has 7 heteroatoms. The van der Waals surface area contributed by atoms with Gasteiger partial charge in [0.25, 0.3) is 0 Å². The summed E-state index contributed by atoms with van der Waals surface area (Å²) in [6, 6.07) is 7.50. The van der Waals surface area contributed by atoms with Crippen LogP contribution in [0.5, 0.6) is 0 Å². The molecule has 0 aliphatic heterocycles. The Bertz CT molecular complexity index is 672. The molecule has 0 unspecified atom stereocenters. The van der Waals surface area contributed by atoms with E-state index in [1.807, 2.05) is 0 Å². The van der Waals surface area contributed by atoms with Gasteiger partial charge in [-0.3, -0.25) is 9.00 Å². The monoisotopic (exact) mass is 310 g/mol. The van der Waals surface area contributed by atoms with Crippen molar-refractivity contribution in [2.24, 2.45) is 0 Å². The summed E-state index contributed by atoms with van der Waals surface area (Å²) in [5, 5.41) is 5.38. The number of carbonyl (C=O) groups excluding carboxylic acids is 1. The van der Waals surface area contributed by atoms with E-state index in [1.165, 1.54) is 25.1 Å². The standard InChI is InChI=1S/C14H15FN2O3S/c1-9-7-11(17-20-9)8-21(19)10(2)14(18)16-13-6-4-3-5-12(13)15/h3-7,10H,8H2,1-2H3,(H,16,18)/t10-,21-/m1/s1. The molecule has 1 N–H and O–H groups in total. The first-order valence-electron chi connectivity index (χ1n) is 6.32. The van der Waals surface area contributed by atoms with Gasteiger partial charge in [-0.15, -0.1) is 0 Å². The summed E-state index contributed by atoms with van der Waals surface area (Å²) in [5.41, 5.74) is 0.597. The third-order valence-corrected chi connectivity index (χ3v) is 4.45. The summed E-state index contributed by atoms with van der Waals surface area (Å²) in [5.74, 6) is -0.302. The number of aryl methyl sites for hydroxylation is 1. The average molecular weight is 310 g/mol. The largest absolute Gasteiger partial charge is 0.361 e. The van der Waals surface area contributed by atoms with Gasteiger partial charge in [0.15, 0.2) is 0 Å². The van der Waals surface area contributed by atoms with E-state index in [4.69, 9.17) is 4.52 Å². The van der Waals surface area contributed by atoms with Gasteiger partial charge < -0.3 is 9.84 Å². The topological polar surface area (TPSA) is 72.2 Å². The number of hydrogen-bond donors (Lipinski definition) is 1. The predicted octanol–water partition coefficient (Wildman–Crippen LogP) is 2.40. The van der Waals surface area contributed by atoms with Gasteiger partial charge in [-0.1, -0.05) is 17.3 Å². The molecular formula is C14H15FN2O3S. The number of rotatable bonds is 5. The first-order valence-corrected chi connectivity index (χ1v) is 7.70. The molecule has 0 saturated carbocycles. The van der Waals surface area contributed by atoms with Gasteiger partial charge in [-0.25, -0.2) is 4.39 Å². The van der Waals surface area contributed by atoms with Gasteiger partial charge in [-0.05, 0) is 26.0 Å². The van der Waals surface area contributed by atoms with Crippen molar-refractivity contribution in [2.45, 2.75) is 24.9 Å². The number of aromatic nitrogens is 1. The molecule has 2 aromatic rings. The number of nitrogens with zero attached hydrogens (tertiary/aromatic N) is 1. The highest BCUT2D eigenvalue weighted by atomic mass is 32.2. The third kappa shape index (κ3) is 3.98. The Morgan fingerprint density at radius 1 is 1.48 bits per heavy atom. The van der Waals surface area contributed by atoms with E-state index in [2.05, 4.69) is 10.5 Å². The molecule has 1 aromatic carbocycles. The average Bonchev–Trinajstić information content (AvgIpc) is 2.85. The van der Waals surface area contributed by atoms with E-state index >= 15 is 0 Å². The normalized spacial score (nSPS) is 13.7. The molecule has 1 amide bonds. The molecule has 0 fully saturated rings. The van der Waals surface area contributed by atoms with E-state index in [0.29, 0.717) is 11.5 Å². The first kappa shape index (κ1) is 15.4. The minimum atomic E-state index is -1.47. The van der Waals surface area contributed by atoms with Crippen LogP contribution in [0.4, 0.5) is 10.1 Å². The van der Waals surface area contributed by atoms with Crippen molar-refractivity contribution >= 4 is 22.4 Å². The Morgan fingerprint density at radius 2 is 2.19 bits per heavy atom. The summed E-state index contributed by atoms with van der Waals surface area (Å²) in [6.45, 7) is 3.26. The van der Waals surface area contributed by atoms with Gasteiger partial charge in [0.1, 0.15) is 16.8 Å². The van der Waals surface area contributed by atoms with Crippen LogP contribution in [0.2, 0.25) is 0 Å². The van der Waals surface area contributed by atoms with Crippen molar-refractivity contribution in [3.63, 3.8) is 0 Å². The highest BCUT2D eigenvalue weighted by Gasteiger charge is 2.22. The van der Waals surface area contributed by atoms with Crippen LogP contribution in [-0.4, -0.2) is 20.5 Å². The number of halogens is 1. The molecule has 2 atom stereocenters. The van der Waals surface area contributed by atoms with E-state index in [-0.39, 0.29) is 11.4 Å². The molecule has 112 valence electrons. The zero-order valence-electron chi connectivity index (χ0n) is 11.6. The predicted molar refractivity (Wildman–Crippen MR) is 77.6 cm³/mol. The molecule has 0 saturated heterocycles. The minimum Gasteiger partial charge on any atom is -0.361 e. The van der Waals surface area contributed by atoms with Gasteiger partial charge in [0.2, 0.25) is 5.91 Å². The van der Waals surface area contributed by atoms with Gasteiger partial charge in [0, 0.05) is 16.9 Å². The van der Waals surface area contributed by atoms with Crippen molar-refractivity contribution in [3.8, 4) is 0 Å². The Morgan fingerprint density at radius 3 is 2.81 bits per heavy atom. The molecule has 0 spiro atoms. The molecule has 5 nitrogen and oxygen atoms in total. The SMILES string of the molecule is Cc1cc(C[S@@](=O)[C@H](C)C(=O)Nc2ccccc2F)no1. The minimum absolute atomic E-state index is 0.0728. The molecule has 1 aromatic heterocycles. The fourth-order valence-electron chi connectivity index (χ4n) is 1.67. The van der Waals surface area contributed by atoms with Gasteiger partial charge in [-0.2, -0.15) is 0 Å². The van der Waals surface area contributed by atoms with Gasteiger partial charge >= 0.3 is 0 Å². The van der Waals surface area contributed by atoms with E-state index in [1.54, 1.807) is 19.1 Å². The molecule has 0 bridgehead atoms. The first-order chi connectivity index (χ1) is 9.97. The van der Waals surface area contributed by atoms with Crippen LogP contribution in [0.15, 0.2) is 34.9 Å². The van der Waals surface area contributed by atoms with Crippen molar-refractivity contribution in [2.75, 3.05) is 5.32 Å². The smallest absolute Gasteiger partial charge is 0.239 e. The fraction of sp³-hybridized carbons (Fsp3) is 0.286. The zero-order chi connectivity index (χ0) is 15.4. The molecule has 0 aliphatic carbocycles. The van der Waals surface area contributed by atoms with Crippen LogP contribution >= 0.6 is 0 Å². The van der Waals surface area contributed by atoms with Crippen molar-refractivity contribution in [3.05, 3.63) is 47.6 Å². The Labute approximate surface area is 124 Å². The second-order valence-electron chi connectivity index (χ2n) is 4.57. The highest BCUT2D eigenvalue weighted by Crippen LogP contribution is 2.14. The second kappa shape index (κ2) is 6.62. The molecule has 0 radical (unpaired) electrons. The second-order valence-corrected chi connectivity index (χ2v) is 6.32. The number of hydrogen-bond acceptors (Lipinski definition) is 4. The molecule has 0 aliphatic rings. The summed E-state index contributed by atoms with van der Waals surface area (Å²) in [4.78, 5) is 12.0. The zero-order valence-corrected chi connectivity index (χ0v) is 12.4. The number of anilines is 1. The van der Waals surface area contributed by atoms with Crippen LogP contribution in [0.3, 0.4) is 0 Å². The summed E-state index contributed by atoms with van der Waals surface area (Å²) in [7, 11) is -1.47. The summed E-state index contributed by atoms with van der Waals surface area (Å²) < 4.78 is 30.4. The van der Waals surface area contributed by atoms with Gasteiger partial charge in [0.05, 0.1) is 17.1 Å². The lowest BCUT2D eigenvalue weighted by atomic mass is 10.3. The van der Waals surface area contributed by atoms with Crippen molar-refractivity contribution in [1.82, 2.24) is 5.16 Å². The fourth-order valence-corrected chi connectivity index (χ4v) is 2.65. The maximum absolute atomic E-state index is 13.5. The number of para-hydroxylation sites is 1. The number of benzene rings is 1. The lowest BCUT2D eigenvalue weighted by molar-refractivity contribution is -0.115.